The van der Waals surface area contributed by atoms with Crippen LogP contribution in [-0.2, 0) is 23.1 Å². The molecule has 0 saturated carbocycles. The molecule has 2 amide bonds. The quantitative estimate of drug-likeness (QED) is 0.554. The van der Waals surface area contributed by atoms with Crippen molar-refractivity contribution in [2.24, 2.45) is 7.05 Å². The molecule has 0 unspecified atom stereocenters. The Balaban J connectivity index is 1.56. The van der Waals surface area contributed by atoms with E-state index < -0.39 is 35.8 Å². The molecule has 9 nitrogen and oxygen atoms in total. The van der Waals surface area contributed by atoms with E-state index in [9.17, 15) is 18.8 Å². The van der Waals surface area contributed by atoms with Gasteiger partial charge in [0.25, 0.3) is 0 Å². The monoisotopic (exact) mass is 481 g/mol. The lowest BCUT2D eigenvalue weighted by atomic mass is 10.00. The summed E-state index contributed by atoms with van der Waals surface area (Å²) < 4.78 is 20.1. The summed E-state index contributed by atoms with van der Waals surface area (Å²) in [7, 11) is 1.43. The first-order chi connectivity index (χ1) is 16.7. The maximum Gasteiger partial charge on any atom is 0.441 e. The van der Waals surface area contributed by atoms with Crippen molar-refractivity contribution in [3.05, 3.63) is 81.9 Å². The Kier molecular flexibility index (Phi) is 7.09. The molecule has 1 N–H and O–H groups in total. The summed E-state index contributed by atoms with van der Waals surface area (Å²) in [6.07, 6.45) is 0.0533. The van der Waals surface area contributed by atoms with Crippen molar-refractivity contribution >= 4 is 11.8 Å². The third kappa shape index (κ3) is 5.31. The van der Waals surface area contributed by atoms with Crippen molar-refractivity contribution in [2.75, 3.05) is 6.54 Å². The van der Waals surface area contributed by atoms with Gasteiger partial charge in [0.1, 0.15) is 12.2 Å². The molecule has 0 bridgehead atoms. The molecule has 1 aromatic carbocycles. The van der Waals surface area contributed by atoms with Crippen molar-refractivity contribution in [3.8, 4) is 0 Å². The van der Waals surface area contributed by atoms with Gasteiger partial charge in [0, 0.05) is 19.7 Å². The Hall–Kier alpha value is -3.82. The summed E-state index contributed by atoms with van der Waals surface area (Å²) in [5, 5.41) is 6.56. The summed E-state index contributed by atoms with van der Waals surface area (Å²) in [5.74, 6) is -1.27. The van der Waals surface area contributed by atoms with Crippen molar-refractivity contribution in [1.82, 2.24) is 24.9 Å². The molecule has 2 aromatic heterocycles. The predicted octanol–water partition coefficient (Wildman–Crippen LogP) is 2.28. The Morgan fingerprint density at radius 2 is 1.91 bits per heavy atom. The van der Waals surface area contributed by atoms with E-state index in [1.807, 2.05) is 42.5 Å². The SMILES string of the molecule is CC(C)c1ccc([C@@H](NC(=O)[C@@H]2C[C@@H](F)CN2C(=O)Cc2noc(=O)n2C)c2ccccc2)nc1. The highest BCUT2D eigenvalue weighted by molar-refractivity contribution is 5.89. The van der Waals surface area contributed by atoms with Gasteiger partial charge in [-0.2, -0.15) is 0 Å². The minimum Gasteiger partial charge on any atom is -0.342 e. The van der Waals surface area contributed by atoms with Crippen LogP contribution >= 0.6 is 0 Å². The normalized spacial score (nSPS) is 18.6. The summed E-state index contributed by atoms with van der Waals surface area (Å²) in [5.41, 5.74) is 2.53. The molecule has 1 saturated heterocycles. The van der Waals surface area contributed by atoms with Crippen LogP contribution in [0.15, 0.2) is 58.0 Å². The molecule has 1 aliphatic rings. The smallest absolute Gasteiger partial charge is 0.342 e. The first-order valence-electron chi connectivity index (χ1n) is 11.5. The Morgan fingerprint density at radius 3 is 2.51 bits per heavy atom. The van der Waals surface area contributed by atoms with Crippen LogP contribution in [0.5, 0.6) is 0 Å². The van der Waals surface area contributed by atoms with E-state index in [1.54, 1.807) is 6.20 Å². The molecule has 4 rings (SSSR count). The van der Waals surface area contributed by atoms with Crippen LogP contribution in [0.3, 0.4) is 0 Å². The Labute approximate surface area is 201 Å². The number of carbonyl (C=O) groups excluding carboxylic acids is 2. The van der Waals surface area contributed by atoms with Crippen LogP contribution in [0, 0.1) is 0 Å². The molecule has 35 heavy (non-hydrogen) atoms. The van der Waals surface area contributed by atoms with E-state index in [2.05, 4.69) is 33.8 Å². The molecule has 10 heteroatoms. The van der Waals surface area contributed by atoms with Gasteiger partial charge in [-0.25, -0.2) is 9.18 Å². The average molecular weight is 482 g/mol. The van der Waals surface area contributed by atoms with E-state index >= 15 is 0 Å². The fourth-order valence-electron chi connectivity index (χ4n) is 4.16. The number of nitrogens with one attached hydrogen (secondary N) is 1. The van der Waals surface area contributed by atoms with E-state index in [-0.39, 0.29) is 25.2 Å². The number of rotatable bonds is 7. The molecule has 3 heterocycles. The fraction of sp³-hybridized carbons (Fsp3) is 0.400. The fourth-order valence-corrected chi connectivity index (χ4v) is 4.16. The van der Waals surface area contributed by atoms with Crippen LogP contribution in [0.4, 0.5) is 4.39 Å². The van der Waals surface area contributed by atoms with Crippen LogP contribution in [0.25, 0.3) is 0 Å². The van der Waals surface area contributed by atoms with E-state index in [4.69, 9.17) is 0 Å². The Bertz CT molecular complexity index is 1240. The molecular formula is C25H28FN5O4. The summed E-state index contributed by atoms with van der Waals surface area (Å²) >= 11 is 0. The summed E-state index contributed by atoms with van der Waals surface area (Å²) in [4.78, 5) is 43.6. The topological polar surface area (TPSA) is 110 Å². The van der Waals surface area contributed by atoms with E-state index in [0.29, 0.717) is 11.6 Å². The number of benzene rings is 1. The zero-order valence-electron chi connectivity index (χ0n) is 19.8. The highest BCUT2D eigenvalue weighted by Crippen LogP contribution is 2.26. The molecule has 184 valence electrons. The first kappa shape index (κ1) is 24.3. The van der Waals surface area contributed by atoms with Gasteiger partial charge in [-0.3, -0.25) is 23.7 Å². The molecule has 0 aliphatic carbocycles. The zero-order valence-corrected chi connectivity index (χ0v) is 19.8. The van der Waals surface area contributed by atoms with E-state index in [0.717, 1.165) is 15.7 Å². The number of hydrogen-bond acceptors (Lipinski definition) is 6. The zero-order chi connectivity index (χ0) is 25.1. The largest absolute Gasteiger partial charge is 0.441 e. The van der Waals surface area contributed by atoms with Gasteiger partial charge in [-0.05, 0) is 23.1 Å². The number of halogens is 1. The van der Waals surface area contributed by atoms with Gasteiger partial charge >= 0.3 is 5.76 Å². The third-order valence-electron chi connectivity index (χ3n) is 6.26. The standard InChI is InChI=1S/C25H28FN5O4/c1-15(2)17-9-10-19(27-13-17)23(16-7-5-4-6-8-16)28-24(33)20-11-18(26)14-31(20)22(32)12-21-29-35-25(34)30(21)3/h4-10,13,15,18,20,23H,11-12,14H2,1-3H3,(H,28,33)/t18-,20+,23+/m1/s1. The lowest BCUT2D eigenvalue weighted by Crippen LogP contribution is -2.47. The number of amides is 2. The van der Waals surface area contributed by atoms with Crippen LogP contribution < -0.4 is 11.1 Å². The number of pyridine rings is 1. The number of alkyl halides is 1. The second-order valence-electron chi connectivity index (χ2n) is 9.02. The van der Waals surface area contributed by atoms with Crippen LogP contribution in [-0.4, -0.2) is 50.2 Å². The van der Waals surface area contributed by atoms with Gasteiger partial charge in [0.15, 0.2) is 5.82 Å². The lowest BCUT2D eigenvalue weighted by molar-refractivity contribution is -0.138. The molecule has 0 radical (unpaired) electrons. The molecule has 3 atom stereocenters. The highest BCUT2D eigenvalue weighted by Gasteiger charge is 2.41. The first-order valence-corrected chi connectivity index (χ1v) is 11.5. The predicted molar refractivity (Wildman–Crippen MR) is 125 cm³/mol. The number of aromatic nitrogens is 3. The number of likely N-dealkylation sites (tertiary alicyclic amines) is 1. The maximum absolute atomic E-state index is 14.4. The number of nitrogens with zero attached hydrogens (tertiary/aromatic N) is 4. The number of carbonyl (C=O) groups is 2. The van der Waals surface area contributed by atoms with Crippen molar-refractivity contribution in [3.63, 3.8) is 0 Å². The lowest BCUT2D eigenvalue weighted by Gasteiger charge is -2.26. The number of hydrogen-bond donors (Lipinski definition) is 1. The highest BCUT2D eigenvalue weighted by atomic mass is 19.1. The van der Waals surface area contributed by atoms with E-state index in [1.165, 1.54) is 11.9 Å². The second kappa shape index (κ2) is 10.2. The van der Waals surface area contributed by atoms with Gasteiger partial charge < -0.3 is 10.2 Å². The summed E-state index contributed by atoms with van der Waals surface area (Å²) in [6.45, 7) is 3.94. The Morgan fingerprint density at radius 1 is 1.17 bits per heavy atom. The van der Waals surface area contributed by atoms with Crippen molar-refractivity contribution in [2.45, 2.75) is 50.9 Å². The maximum atomic E-state index is 14.4. The second-order valence-corrected chi connectivity index (χ2v) is 9.02. The molecule has 0 spiro atoms. The van der Waals surface area contributed by atoms with Crippen LogP contribution in [0.2, 0.25) is 0 Å². The van der Waals surface area contributed by atoms with Gasteiger partial charge in [-0.15, -0.1) is 0 Å². The summed E-state index contributed by atoms with van der Waals surface area (Å²) in [6, 6.07) is 11.6. The molecule has 3 aromatic rings. The third-order valence-corrected chi connectivity index (χ3v) is 6.26. The minimum absolute atomic E-state index is 0.109. The van der Waals surface area contributed by atoms with Gasteiger partial charge in [-0.1, -0.05) is 55.4 Å². The van der Waals surface area contributed by atoms with Crippen molar-refractivity contribution < 1.29 is 18.5 Å². The van der Waals surface area contributed by atoms with Crippen LogP contribution in [0.1, 0.15) is 54.9 Å². The molecule has 1 aliphatic heterocycles. The van der Waals surface area contributed by atoms with Gasteiger partial charge in [0.05, 0.1) is 24.7 Å². The van der Waals surface area contributed by atoms with Gasteiger partial charge in [0.2, 0.25) is 11.8 Å². The minimum atomic E-state index is -1.34. The van der Waals surface area contributed by atoms with Crippen molar-refractivity contribution in [1.29, 1.82) is 0 Å². The average Bonchev–Trinajstić information content (AvgIpc) is 3.40. The molecular weight excluding hydrogens is 453 g/mol. The molecule has 1 fully saturated rings.